The molecular formula is C15H15N3O. The van der Waals surface area contributed by atoms with Crippen LogP contribution in [0.5, 0.6) is 5.75 Å². The highest BCUT2D eigenvalue weighted by Gasteiger charge is 2.11. The van der Waals surface area contributed by atoms with Crippen LogP contribution in [-0.4, -0.2) is 11.6 Å². The fraction of sp³-hybridized carbons (Fsp3) is 0.133. The smallest absolute Gasteiger partial charge is 0.165 e. The van der Waals surface area contributed by atoms with Crippen molar-refractivity contribution < 1.29 is 4.74 Å². The van der Waals surface area contributed by atoms with Crippen molar-refractivity contribution in [2.45, 2.75) is 6.92 Å². The zero-order valence-corrected chi connectivity index (χ0v) is 10.7. The van der Waals surface area contributed by atoms with Gasteiger partial charge in [0.15, 0.2) is 5.75 Å². The average Bonchev–Trinajstić information content (AvgIpc) is 2.42. The summed E-state index contributed by atoms with van der Waals surface area (Å²) in [4.78, 5) is 4.59. The third kappa shape index (κ3) is 1.81. The maximum Gasteiger partial charge on any atom is 0.165 e. The SMILES string of the molecule is CCOc1c(N)cc2nc3ccccc3cc2c1N. The van der Waals surface area contributed by atoms with Crippen molar-refractivity contribution in [2.75, 3.05) is 18.1 Å². The topological polar surface area (TPSA) is 74.2 Å². The normalized spacial score (nSPS) is 11.0. The zero-order chi connectivity index (χ0) is 13.4. The van der Waals surface area contributed by atoms with Crippen LogP contribution in [0.2, 0.25) is 0 Å². The minimum atomic E-state index is 0.523. The Kier molecular flexibility index (Phi) is 2.63. The third-order valence-corrected chi connectivity index (χ3v) is 3.13. The van der Waals surface area contributed by atoms with Gasteiger partial charge in [-0.15, -0.1) is 0 Å². The van der Waals surface area contributed by atoms with E-state index >= 15 is 0 Å². The maximum absolute atomic E-state index is 6.15. The lowest BCUT2D eigenvalue weighted by Gasteiger charge is -2.13. The molecule has 4 N–H and O–H groups in total. The largest absolute Gasteiger partial charge is 0.490 e. The van der Waals surface area contributed by atoms with E-state index in [4.69, 9.17) is 16.2 Å². The van der Waals surface area contributed by atoms with Crippen LogP contribution in [0.25, 0.3) is 21.8 Å². The van der Waals surface area contributed by atoms with Crippen LogP contribution >= 0.6 is 0 Å². The summed E-state index contributed by atoms with van der Waals surface area (Å²) in [5.41, 5.74) is 14.9. The standard InChI is InChI=1S/C15H15N3O/c1-2-19-15-11(16)8-13-10(14(15)17)7-9-5-3-4-6-12(9)18-13/h3-8H,2,16-17H2,1H3. The summed E-state index contributed by atoms with van der Waals surface area (Å²) in [6.45, 7) is 2.43. The van der Waals surface area contributed by atoms with Gasteiger partial charge in [-0.25, -0.2) is 4.98 Å². The van der Waals surface area contributed by atoms with Gasteiger partial charge in [0.1, 0.15) is 0 Å². The van der Waals surface area contributed by atoms with E-state index < -0.39 is 0 Å². The summed E-state index contributed by atoms with van der Waals surface area (Å²) in [6.07, 6.45) is 0. The van der Waals surface area contributed by atoms with Crippen LogP contribution < -0.4 is 16.2 Å². The summed E-state index contributed by atoms with van der Waals surface area (Å²) < 4.78 is 5.51. The van der Waals surface area contributed by atoms with E-state index in [2.05, 4.69) is 4.98 Å². The van der Waals surface area contributed by atoms with Crippen molar-refractivity contribution in [3.63, 3.8) is 0 Å². The molecule has 0 spiro atoms. The van der Waals surface area contributed by atoms with Gasteiger partial charge in [-0.1, -0.05) is 18.2 Å². The summed E-state index contributed by atoms with van der Waals surface area (Å²) in [5.74, 6) is 0.548. The molecule has 3 aromatic rings. The van der Waals surface area contributed by atoms with Crippen LogP contribution in [0, 0.1) is 0 Å². The fourth-order valence-electron chi connectivity index (χ4n) is 2.25. The molecule has 0 aliphatic carbocycles. The van der Waals surface area contributed by atoms with Crippen LogP contribution in [-0.2, 0) is 0 Å². The van der Waals surface area contributed by atoms with Crippen molar-refractivity contribution in [1.82, 2.24) is 4.98 Å². The number of pyridine rings is 1. The molecule has 2 aromatic carbocycles. The van der Waals surface area contributed by atoms with Gasteiger partial charge in [0.25, 0.3) is 0 Å². The number of benzene rings is 2. The number of fused-ring (bicyclic) bond motifs is 2. The number of para-hydroxylation sites is 1. The van der Waals surface area contributed by atoms with Crippen molar-refractivity contribution in [3.05, 3.63) is 36.4 Å². The molecule has 4 heteroatoms. The van der Waals surface area contributed by atoms with Gasteiger partial charge in [-0.2, -0.15) is 0 Å². The second-order valence-electron chi connectivity index (χ2n) is 4.39. The second-order valence-corrected chi connectivity index (χ2v) is 4.39. The van der Waals surface area contributed by atoms with Crippen LogP contribution in [0.3, 0.4) is 0 Å². The van der Waals surface area contributed by atoms with Crippen LogP contribution in [0.4, 0.5) is 11.4 Å². The van der Waals surface area contributed by atoms with Crippen molar-refractivity contribution in [2.24, 2.45) is 0 Å². The molecule has 0 saturated heterocycles. The van der Waals surface area contributed by atoms with E-state index in [-0.39, 0.29) is 0 Å². The Balaban J connectivity index is 2.38. The zero-order valence-electron chi connectivity index (χ0n) is 10.7. The second kappa shape index (κ2) is 4.31. The lowest BCUT2D eigenvalue weighted by molar-refractivity contribution is 0.344. The van der Waals surface area contributed by atoms with Crippen molar-refractivity contribution in [3.8, 4) is 5.75 Å². The molecule has 1 aromatic heterocycles. The first-order chi connectivity index (χ1) is 9.20. The van der Waals surface area contributed by atoms with E-state index in [9.17, 15) is 0 Å². The first kappa shape index (κ1) is 11.6. The molecule has 0 saturated carbocycles. The number of rotatable bonds is 2. The van der Waals surface area contributed by atoms with Gasteiger partial charge >= 0.3 is 0 Å². The van der Waals surface area contributed by atoms with E-state index in [0.29, 0.717) is 23.7 Å². The van der Waals surface area contributed by atoms with E-state index in [1.807, 2.05) is 43.3 Å². The van der Waals surface area contributed by atoms with E-state index in [0.717, 1.165) is 21.8 Å². The Bertz CT molecular complexity index is 768. The van der Waals surface area contributed by atoms with E-state index in [1.165, 1.54) is 0 Å². The number of nitrogens with zero attached hydrogens (tertiary/aromatic N) is 1. The van der Waals surface area contributed by atoms with E-state index in [1.54, 1.807) is 0 Å². The molecule has 0 fully saturated rings. The molecule has 0 aliphatic heterocycles. The molecule has 1 heterocycles. The molecule has 0 aliphatic rings. The monoisotopic (exact) mass is 253 g/mol. The summed E-state index contributed by atoms with van der Waals surface area (Å²) in [7, 11) is 0. The summed E-state index contributed by atoms with van der Waals surface area (Å²) in [6, 6.07) is 11.8. The summed E-state index contributed by atoms with van der Waals surface area (Å²) in [5, 5.41) is 1.92. The molecular weight excluding hydrogens is 238 g/mol. The average molecular weight is 253 g/mol. The van der Waals surface area contributed by atoms with Gasteiger partial charge < -0.3 is 16.2 Å². The molecule has 0 atom stereocenters. The minimum Gasteiger partial charge on any atom is -0.490 e. The third-order valence-electron chi connectivity index (χ3n) is 3.13. The van der Waals surface area contributed by atoms with Gasteiger partial charge in [0.05, 0.1) is 29.0 Å². The Morgan fingerprint density at radius 1 is 1.11 bits per heavy atom. The molecule has 3 rings (SSSR count). The number of ether oxygens (including phenoxy) is 1. The Labute approximate surface area is 111 Å². The summed E-state index contributed by atoms with van der Waals surface area (Å²) >= 11 is 0. The highest BCUT2D eigenvalue weighted by Crippen LogP contribution is 2.37. The number of hydrogen-bond acceptors (Lipinski definition) is 4. The number of nitrogens with two attached hydrogens (primary N) is 2. The minimum absolute atomic E-state index is 0.523. The highest BCUT2D eigenvalue weighted by atomic mass is 16.5. The van der Waals surface area contributed by atoms with Gasteiger partial charge in [0.2, 0.25) is 0 Å². The lowest BCUT2D eigenvalue weighted by atomic mass is 10.1. The van der Waals surface area contributed by atoms with Crippen LogP contribution in [0.1, 0.15) is 6.92 Å². The van der Waals surface area contributed by atoms with Crippen molar-refractivity contribution >= 4 is 33.2 Å². The molecule has 96 valence electrons. The predicted octanol–water partition coefficient (Wildman–Crippen LogP) is 2.95. The predicted molar refractivity (Wildman–Crippen MR) is 79.2 cm³/mol. The highest BCUT2D eigenvalue weighted by molar-refractivity contribution is 6.03. The molecule has 4 nitrogen and oxygen atoms in total. The molecule has 0 bridgehead atoms. The number of anilines is 2. The maximum atomic E-state index is 6.15. The lowest BCUT2D eigenvalue weighted by Crippen LogP contribution is -2.02. The number of aromatic nitrogens is 1. The Morgan fingerprint density at radius 2 is 1.89 bits per heavy atom. The molecule has 0 unspecified atom stereocenters. The Morgan fingerprint density at radius 3 is 2.68 bits per heavy atom. The first-order valence-electron chi connectivity index (χ1n) is 6.21. The fourth-order valence-corrected chi connectivity index (χ4v) is 2.25. The van der Waals surface area contributed by atoms with Crippen LogP contribution in [0.15, 0.2) is 36.4 Å². The number of hydrogen-bond donors (Lipinski definition) is 2. The Hall–Kier alpha value is -2.49. The molecule has 0 radical (unpaired) electrons. The van der Waals surface area contributed by atoms with Gasteiger partial charge in [-0.3, -0.25) is 0 Å². The van der Waals surface area contributed by atoms with Gasteiger partial charge in [0, 0.05) is 10.8 Å². The number of nitrogen functional groups attached to an aromatic ring is 2. The van der Waals surface area contributed by atoms with Gasteiger partial charge in [-0.05, 0) is 25.1 Å². The van der Waals surface area contributed by atoms with Crippen molar-refractivity contribution in [1.29, 1.82) is 0 Å². The quantitative estimate of drug-likeness (QED) is 0.544. The first-order valence-corrected chi connectivity index (χ1v) is 6.21. The molecule has 19 heavy (non-hydrogen) atoms. The molecule has 0 amide bonds.